The van der Waals surface area contributed by atoms with Gasteiger partial charge in [-0.25, -0.2) is 9.66 Å². The van der Waals surface area contributed by atoms with E-state index in [1.165, 1.54) is 0 Å². The molecule has 0 aliphatic carbocycles. The van der Waals surface area contributed by atoms with Crippen LogP contribution < -0.4 is 10.7 Å². The lowest BCUT2D eigenvalue weighted by Crippen LogP contribution is -2.39. The first-order valence-electron chi connectivity index (χ1n) is 4.15. The smallest absolute Gasteiger partial charge is 0.185 e. The zero-order chi connectivity index (χ0) is 10.1. The fraction of sp³-hybridized carbons (Fsp3) is 0.111. The Hall–Kier alpha value is -1.62. The molecule has 5 heteroatoms. The van der Waals surface area contributed by atoms with Crippen molar-refractivity contribution in [3.63, 3.8) is 0 Å². The summed E-state index contributed by atoms with van der Waals surface area (Å²) >= 11 is 4.88. The predicted octanol–water partition coefficient (Wildman–Crippen LogP) is 0.848. The minimum Gasteiger partial charge on any atom is -0.375 e. The number of nitrogens with two attached hydrogens (primary N) is 1. The second kappa shape index (κ2) is 3.26. The van der Waals surface area contributed by atoms with Crippen LogP contribution in [0.2, 0.25) is 0 Å². The molecule has 0 fully saturated rings. The first-order valence-corrected chi connectivity index (χ1v) is 4.56. The van der Waals surface area contributed by atoms with E-state index in [9.17, 15) is 0 Å². The fourth-order valence-electron chi connectivity index (χ4n) is 1.29. The molecule has 0 atom stereocenters. The van der Waals surface area contributed by atoms with Gasteiger partial charge in [-0.3, -0.25) is 5.01 Å². The number of thiocarbonyl (C=S) groups is 1. The summed E-state index contributed by atoms with van der Waals surface area (Å²) in [6.07, 6.45) is 1.70. The lowest BCUT2D eigenvalue weighted by Gasteiger charge is -2.18. The van der Waals surface area contributed by atoms with Crippen molar-refractivity contribution in [1.82, 2.24) is 9.66 Å². The van der Waals surface area contributed by atoms with Crippen LogP contribution in [-0.2, 0) is 0 Å². The molecular formula is C9H10N4S. The number of hydrogen-bond acceptors (Lipinski definition) is 2. The number of benzene rings is 1. The number of aromatic nitrogens is 2. The highest BCUT2D eigenvalue weighted by Gasteiger charge is 2.06. The highest BCUT2D eigenvalue weighted by molar-refractivity contribution is 7.80. The van der Waals surface area contributed by atoms with Crippen molar-refractivity contribution in [2.75, 3.05) is 12.1 Å². The van der Waals surface area contributed by atoms with Crippen LogP contribution in [-0.4, -0.2) is 21.8 Å². The van der Waals surface area contributed by atoms with Gasteiger partial charge >= 0.3 is 0 Å². The molecule has 0 aliphatic rings. The third-order valence-electron chi connectivity index (χ3n) is 2.08. The quantitative estimate of drug-likeness (QED) is 0.703. The Balaban J connectivity index is 2.58. The van der Waals surface area contributed by atoms with Crippen molar-refractivity contribution < 1.29 is 0 Å². The lowest BCUT2D eigenvalue weighted by atomic mass is 10.3. The van der Waals surface area contributed by atoms with E-state index in [1.54, 1.807) is 18.4 Å². The molecule has 2 rings (SSSR count). The fourth-order valence-corrected chi connectivity index (χ4v) is 1.38. The molecule has 72 valence electrons. The van der Waals surface area contributed by atoms with Gasteiger partial charge < -0.3 is 5.73 Å². The topological polar surface area (TPSA) is 47.1 Å². The van der Waals surface area contributed by atoms with Crippen LogP contribution in [0.1, 0.15) is 0 Å². The van der Waals surface area contributed by atoms with E-state index in [2.05, 4.69) is 4.98 Å². The number of nitrogens with zero attached hydrogens (tertiary/aromatic N) is 3. The monoisotopic (exact) mass is 206 g/mol. The van der Waals surface area contributed by atoms with E-state index in [0.29, 0.717) is 5.11 Å². The molecule has 14 heavy (non-hydrogen) atoms. The third kappa shape index (κ3) is 1.31. The second-order valence-electron chi connectivity index (χ2n) is 2.94. The summed E-state index contributed by atoms with van der Waals surface area (Å²) in [5.41, 5.74) is 7.44. The van der Waals surface area contributed by atoms with Gasteiger partial charge in [-0.1, -0.05) is 12.1 Å². The van der Waals surface area contributed by atoms with Crippen molar-refractivity contribution in [2.24, 2.45) is 5.73 Å². The molecular weight excluding hydrogens is 196 g/mol. The van der Waals surface area contributed by atoms with Crippen LogP contribution in [0.15, 0.2) is 30.6 Å². The SMILES string of the molecule is CN(C(N)=S)n1cnc2ccccc21. The van der Waals surface area contributed by atoms with Gasteiger partial charge in [-0.05, 0) is 24.4 Å². The third-order valence-corrected chi connectivity index (χ3v) is 2.34. The van der Waals surface area contributed by atoms with E-state index in [-0.39, 0.29) is 0 Å². The normalized spacial score (nSPS) is 10.4. The summed E-state index contributed by atoms with van der Waals surface area (Å²) in [6, 6.07) is 7.81. The first-order chi connectivity index (χ1) is 6.70. The Morgan fingerprint density at radius 3 is 2.93 bits per heavy atom. The van der Waals surface area contributed by atoms with E-state index < -0.39 is 0 Å². The van der Waals surface area contributed by atoms with Gasteiger partial charge in [0, 0.05) is 7.05 Å². The Labute approximate surface area is 86.9 Å². The van der Waals surface area contributed by atoms with Crippen LogP contribution in [0.4, 0.5) is 0 Å². The molecule has 0 radical (unpaired) electrons. The molecule has 4 nitrogen and oxygen atoms in total. The zero-order valence-corrected chi connectivity index (χ0v) is 8.53. The maximum Gasteiger partial charge on any atom is 0.185 e. The van der Waals surface area contributed by atoms with E-state index in [4.69, 9.17) is 18.0 Å². The van der Waals surface area contributed by atoms with Crippen LogP contribution in [0.5, 0.6) is 0 Å². The second-order valence-corrected chi connectivity index (χ2v) is 3.36. The Morgan fingerprint density at radius 1 is 1.50 bits per heavy atom. The van der Waals surface area contributed by atoms with Gasteiger partial charge in [0.1, 0.15) is 6.33 Å². The minimum absolute atomic E-state index is 0.313. The average molecular weight is 206 g/mol. The highest BCUT2D eigenvalue weighted by atomic mass is 32.1. The highest BCUT2D eigenvalue weighted by Crippen LogP contribution is 2.11. The Kier molecular flexibility index (Phi) is 2.09. The maximum atomic E-state index is 5.53. The summed E-state index contributed by atoms with van der Waals surface area (Å²) in [4.78, 5) is 4.23. The molecule has 2 aromatic rings. The minimum atomic E-state index is 0.313. The molecule has 0 spiro atoms. The Morgan fingerprint density at radius 2 is 2.21 bits per heavy atom. The average Bonchev–Trinajstić information content (AvgIpc) is 2.60. The van der Waals surface area contributed by atoms with Gasteiger partial charge in [0.2, 0.25) is 0 Å². The lowest BCUT2D eigenvalue weighted by molar-refractivity contribution is 0.825. The molecule has 1 aromatic carbocycles. The number of para-hydroxylation sites is 2. The van der Waals surface area contributed by atoms with Gasteiger partial charge in [-0.15, -0.1) is 0 Å². The van der Waals surface area contributed by atoms with E-state index in [0.717, 1.165) is 11.0 Å². The molecule has 0 amide bonds. The number of hydrogen-bond donors (Lipinski definition) is 1. The predicted molar refractivity (Wildman–Crippen MR) is 60.7 cm³/mol. The molecule has 0 unspecified atom stereocenters. The van der Waals surface area contributed by atoms with Crippen molar-refractivity contribution in [2.45, 2.75) is 0 Å². The largest absolute Gasteiger partial charge is 0.375 e. The molecule has 2 N–H and O–H groups in total. The van der Waals surface area contributed by atoms with Crippen molar-refractivity contribution in [3.05, 3.63) is 30.6 Å². The van der Waals surface area contributed by atoms with Gasteiger partial charge in [-0.2, -0.15) is 0 Å². The van der Waals surface area contributed by atoms with E-state index >= 15 is 0 Å². The standard InChI is InChI=1S/C9H10N4S/c1-12(9(10)14)13-6-11-7-4-2-3-5-8(7)13/h2-6H,1H3,(H2,10,14). The van der Waals surface area contributed by atoms with Crippen LogP contribution >= 0.6 is 12.2 Å². The van der Waals surface area contributed by atoms with Crippen LogP contribution in [0, 0.1) is 0 Å². The van der Waals surface area contributed by atoms with Gasteiger partial charge in [0.25, 0.3) is 0 Å². The van der Waals surface area contributed by atoms with Gasteiger partial charge in [0.15, 0.2) is 5.11 Å². The number of rotatable bonds is 1. The summed E-state index contributed by atoms with van der Waals surface area (Å²) in [5.74, 6) is 0. The van der Waals surface area contributed by atoms with Crippen LogP contribution in [0.25, 0.3) is 11.0 Å². The molecule has 0 aliphatic heterocycles. The zero-order valence-electron chi connectivity index (χ0n) is 7.71. The summed E-state index contributed by atoms with van der Waals surface area (Å²) in [6.45, 7) is 0. The van der Waals surface area contributed by atoms with Crippen molar-refractivity contribution >= 4 is 28.4 Å². The molecule has 1 aromatic heterocycles. The summed E-state index contributed by atoms with van der Waals surface area (Å²) in [7, 11) is 1.80. The van der Waals surface area contributed by atoms with Gasteiger partial charge in [0.05, 0.1) is 11.0 Å². The first kappa shape index (κ1) is 8.96. The number of imidazole rings is 1. The number of fused-ring (bicyclic) bond motifs is 1. The van der Waals surface area contributed by atoms with E-state index in [1.807, 2.05) is 28.9 Å². The van der Waals surface area contributed by atoms with Crippen LogP contribution in [0.3, 0.4) is 0 Å². The van der Waals surface area contributed by atoms with Crippen molar-refractivity contribution in [1.29, 1.82) is 0 Å². The molecule has 0 saturated carbocycles. The van der Waals surface area contributed by atoms with Crippen molar-refractivity contribution in [3.8, 4) is 0 Å². The Bertz CT molecular complexity index is 476. The summed E-state index contributed by atoms with van der Waals surface area (Å²) in [5, 5.41) is 1.98. The molecule has 0 saturated heterocycles. The summed E-state index contributed by atoms with van der Waals surface area (Å²) < 4.78 is 1.82. The molecule has 0 bridgehead atoms. The maximum absolute atomic E-state index is 5.53. The molecule has 1 heterocycles.